The van der Waals surface area contributed by atoms with Crippen LogP contribution in [0.25, 0.3) is 0 Å². The van der Waals surface area contributed by atoms with E-state index in [-0.39, 0.29) is 23.7 Å². The van der Waals surface area contributed by atoms with Gasteiger partial charge in [0.05, 0.1) is 5.54 Å². The Balaban J connectivity index is 0.00000400. The van der Waals surface area contributed by atoms with Gasteiger partial charge in [0.2, 0.25) is 5.91 Å². The van der Waals surface area contributed by atoms with Crippen LogP contribution in [0.1, 0.15) is 46.1 Å². The van der Waals surface area contributed by atoms with Gasteiger partial charge < -0.3 is 11.1 Å². The van der Waals surface area contributed by atoms with Crippen molar-refractivity contribution in [1.82, 2.24) is 5.32 Å². The fourth-order valence-corrected chi connectivity index (χ4v) is 2.37. The topological polar surface area (TPSA) is 55.1 Å². The van der Waals surface area contributed by atoms with Gasteiger partial charge in [-0.1, -0.05) is 57.5 Å². The predicted octanol–water partition coefficient (Wildman–Crippen LogP) is 3.31. The average Bonchev–Trinajstić information content (AvgIpc) is 2.36. The minimum Gasteiger partial charge on any atom is -0.354 e. The van der Waals surface area contributed by atoms with Gasteiger partial charge in [0, 0.05) is 6.54 Å². The number of amides is 1. The second kappa shape index (κ2) is 8.40. The average molecular weight is 313 g/mol. The molecule has 0 aromatic heterocycles. The number of benzene rings is 1. The second-order valence-corrected chi connectivity index (χ2v) is 6.68. The molecule has 1 unspecified atom stereocenters. The zero-order valence-electron chi connectivity index (χ0n) is 13.6. The SMILES string of the molecule is CCCC(C)(N)C(=O)NCC(C)(C)Cc1ccccc1.Cl. The van der Waals surface area contributed by atoms with Crippen molar-refractivity contribution in [2.45, 2.75) is 52.5 Å². The van der Waals surface area contributed by atoms with Crippen LogP contribution < -0.4 is 11.1 Å². The molecule has 0 saturated carbocycles. The van der Waals surface area contributed by atoms with Crippen molar-refractivity contribution >= 4 is 18.3 Å². The first-order chi connectivity index (χ1) is 9.27. The molecular formula is C17H29ClN2O. The van der Waals surface area contributed by atoms with Crippen molar-refractivity contribution < 1.29 is 4.79 Å². The Morgan fingerprint density at radius 3 is 2.29 bits per heavy atom. The fourth-order valence-electron chi connectivity index (χ4n) is 2.37. The van der Waals surface area contributed by atoms with Gasteiger partial charge in [0.1, 0.15) is 0 Å². The van der Waals surface area contributed by atoms with Gasteiger partial charge in [0.25, 0.3) is 0 Å². The van der Waals surface area contributed by atoms with E-state index in [9.17, 15) is 4.79 Å². The van der Waals surface area contributed by atoms with Crippen LogP contribution in [-0.2, 0) is 11.2 Å². The Hall–Kier alpha value is -1.06. The molecule has 0 heterocycles. The zero-order chi connectivity index (χ0) is 15.2. The van der Waals surface area contributed by atoms with Gasteiger partial charge in [-0.15, -0.1) is 12.4 Å². The van der Waals surface area contributed by atoms with Crippen LogP contribution >= 0.6 is 12.4 Å². The number of halogens is 1. The zero-order valence-corrected chi connectivity index (χ0v) is 14.4. The van der Waals surface area contributed by atoms with Crippen LogP contribution in [0.4, 0.5) is 0 Å². The summed E-state index contributed by atoms with van der Waals surface area (Å²) >= 11 is 0. The minimum atomic E-state index is -0.766. The smallest absolute Gasteiger partial charge is 0.239 e. The van der Waals surface area contributed by atoms with Crippen molar-refractivity contribution in [3.63, 3.8) is 0 Å². The van der Waals surface area contributed by atoms with Gasteiger partial charge in [-0.3, -0.25) is 4.79 Å². The highest BCUT2D eigenvalue weighted by molar-refractivity contribution is 5.85. The summed E-state index contributed by atoms with van der Waals surface area (Å²) in [5.41, 5.74) is 6.58. The summed E-state index contributed by atoms with van der Waals surface area (Å²) in [7, 11) is 0. The number of hydrogen-bond acceptors (Lipinski definition) is 2. The van der Waals surface area contributed by atoms with Gasteiger partial charge >= 0.3 is 0 Å². The standard InChI is InChI=1S/C17H28N2O.ClH/c1-5-11-17(4,18)15(20)19-13-16(2,3)12-14-9-7-6-8-10-14;/h6-10H,5,11-13,18H2,1-4H3,(H,19,20);1H. The molecular weight excluding hydrogens is 284 g/mol. The largest absolute Gasteiger partial charge is 0.354 e. The van der Waals surface area contributed by atoms with Crippen LogP contribution in [0.2, 0.25) is 0 Å². The summed E-state index contributed by atoms with van der Waals surface area (Å²) in [6.45, 7) is 8.80. The minimum absolute atomic E-state index is 0. The molecule has 1 amide bonds. The van der Waals surface area contributed by atoms with Crippen LogP contribution in [0, 0.1) is 5.41 Å². The number of carbonyl (C=O) groups excluding carboxylic acids is 1. The highest BCUT2D eigenvalue weighted by Crippen LogP contribution is 2.21. The lowest BCUT2D eigenvalue weighted by Crippen LogP contribution is -2.53. The molecule has 0 saturated heterocycles. The fraction of sp³-hybridized carbons (Fsp3) is 0.588. The van der Waals surface area contributed by atoms with Crippen LogP contribution in [0.3, 0.4) is 0 Å². The van der Waals surface area contributed by atoms with E-state index >= 15 is 0 Å². The molecule has 0 fully saturated rings. The lowest BCUT2D eigenvalue weighted by Gasteiger charge is -2.29. The summed E-state index contributed by atoms with van der Waals surface area (Å²) in [4.78, 5) is 12.1. The molecule has 0 radical (unpaired) electrons. The maximum absolute atomic E-state index is 12.1. The van der Waals surface area contributed by atoms with Gasteiger partial charge in [-0.2, -0.15) is 0 Å². The molecule has 1 rings (SSSR count). The van der Waals surface area contributed by atoms with E-state index in [2.05, 4.69) is 31.3 Å². The molecule has 1 atom stereocenters. The van der Waals surface area contributed by atoms with Gasteiger partial charge in [-0.05, 0) is 30.7 Å². The Morgan fingerprint density at radius 2 is 1.76 bits per heavy atom. The number of rotatable bonds is 7. The third kappa shape index (κ3) is 6.96. The molecule has 3 nitrogen and oxygen atoms in total. The number of nitrogens with two attached hydrogens (primary N) is 1. The maximum atomic E-state index is 12.1. The molecule has 0 bridgehead atoms. The predicted molar refractivity (Wildman–Crippen MR) is 91.7 cm³/mol. The van der Waals surface area contributed by atoms with E-state index in [4.69, 9.17) is 5.73 Å². The number of carbonyl (C=O) groups is 1. The number of hydrogen-bond donors (Lipinski definition) is 2. The van der Waals surface area contributed by atoms with E-state index in [0.29, 0.717) is 13.0 Å². The molecule has 3 N–H and O–H groups in total. The van der Waals surface area contributed by atoms with Crippen molar-refractivity contribution in [3.05, 3.63) is 35.9 Å². The van der Waals surface area contributed by atoms with E-state index in [1.165, 1.54) is 5.56 Å². The van der Waals surface area contributed by atoms with Crippen molar-refractivity contribution in [3.8, 4) is 0 Å². The second-order valence-electron chi connectivity index (χ2n) is 6.68. The first-order valence-electron chi connectivity index (χ1n) is 7.38. The molecule has 0 aliphatic rings. The molecule has 1 aromatic rings. The third-order valence-electron chi connectivity index (χ3n) is 3.54. The van der Waals surface area contributed by atoms with Crippen LogP contribution in [0.15, 0.2) is 30.3 Å². The number of nitrogens with one attached hydrogen (secondary N) is 1. The molecule has 0 aliphatic carbocycles. The normalized spacial score (nSPS) is 14.0. The first kappa shape index (κ1) is 19.9. The Bertz CT molecular complexity index is 430. The van der Waals surface area contributed by atoms with E-state index in [0.717, 1.165) is 12.8 Å². The summed E-state index contributed by atoms with van der Waals surface area (Å²) in [5, 5.41) is 3.00. The van der Waals surface area contributed by atoms with Gasteiger partial charge in [-0.25, -0.2) is 0 Å². The summed E-state index contributed by atoms with van der Waals surface area (Å²) in [6.07, 6.45) is 2.55. The molecule has 0 aliphatic heterocycles. The first-order valence-corrected chi connectivity index (χ1v) is 7.38. The highest BCUT2D eigenvalue weighted by Gasteiger charge is 2.28. The highest BCUT2D eigenvalue weighted by atomic mass is 35.5. The molecule has 120 valence electrons. The summed E-state index contributed by atoms with van der Waals surface area (Å²) in [5.74, 6) is -0.0551. The van der Waals surface area contributed by atoms with Crippen LogP contribution in [-0.4, -0.2) is 18.0 Å². The van der Waals surface area contributed by atoms with E-state index in [1.54, 1.807) is 6.92 Å². The third-order valence-corrected chi connectivity index (χ3v) is 3.54. The van der Waals surface area contributed by atoms with Crippen LogP contribution in [0.5, 0.6) is 0 Å². The van der Waals surface area contributed by atoms with Crippen molar-refractivity contribution in [2.24, 2.45) is 11.1 Å². The Morgan fingerprint density at radius 1 is 1.19 bits per heavy atom. The summed E-state index contributed by atoms with van der Waals surface area (Å²) in [6, 6.07) is 10.3. The molecule has 4 heteroatoms. The van der Waals surface area contributed by atoms with E-state index in [1.807, 2.05) is 25.1 Å². The maximum Gasteiger partial charge on any atom is 0.239 e. The molecule has 0 spiro atoms. The van der Waals surface area contributed by atoms with Crippen molar-refractivity contribution in [2.75, 3.05) is 6.54 Å². The van der Waals surface area contributed by atoms with Gasteiger partial charge in [0.15, 0.2) is 0 Å². The molecule has 21 heavy (non-hydrogen) atoms. The quantitative estimate of drug-likeness (QED) is 0.811. The molecule has 1 aromatic carbocycles. The summed E-state index contributed by atoms with van der Waals surface area (Å²) < 4.78 is 0. The van der Waals surface area contributed by atoms with E-state index < -0.39 is 5.54 Å². The Labute approximate surface area is 135 Å². The lowest BCUT2D eigenvalue weighted by atomic mass is 9.85. The lowest BCUT2D eigenvalue weighted by molar-refractivity contribution is -0.126. The Kier molecular flexibility index (Phi) is 7.98. The van der Waals surface area contributed by atoms with Crippen molar-refractivity contribution in [1.29, 1.82) is 0 Å². The monoisotopic (exact) mass is 312 g/mol.